The summed E-state index contributed by atoms with van der Waals surface area (Å²) in [6, 6.07) is 17.1. The largest absolute Gasteiger partial charge is 1.00 e. The molecule has 0 radical (unpaired) electrons. The molecule has 0 saturated heterocycles. The van der Waals surface area contributed by atoms with E-state index in [2.05, 4.69) is 48.5 Å². The van der Waals surface area contributed by atoms with Gasteiger partial charge in [-0.15, -0.1) is 0 Å². The van der Waals surface area contributed by atoms with Gasteiger partial charge < -0.3 is 1.43 Å². The van der Waals surface area contributed by atoms with Gasteiger partial charge in [-0.1, -0.05) is 48.5 Å². The van der Waals surface area contributed by atoms with Crippen molar-refractivity contribution >= 4 is 0 Å². The van der Waals surface area contributed by atoms with Gasteiger partial charge in [0.15, 0.2) is 0 Å². The van der Waals surface area contributed by atoms with Crippen molar-refractivity contribution in [2.45, 2.75) is 0 Å². The molecule has 0 nitrogen and oxygen atoms in total. The maximum absolute atomic E-state index is 2.18. The summed E-state index contributed by atoms with van der Waals surface area (Å²) in [5, 5.41) is 0. The van der Waals surface area contributed by atoms with Crippen molar-refractivity contribution in [3.63, 3.8) is 0 Å². The van der Waals surface area contributed by atoms with E-state index >= 15 is 0 Å². The molecule has 0 spiro atoms. The Hall–Kier alpha value is -0.963. The summed E-state index contributed by atoms with van der Waals surface area (Å²) in [7, 11) is 0. The molecule has 0 heterocycles. The van der Waals surface area contributed by atoms with Crippen molar-refractivity contribution in [2.75, 3.05) is 0 Å². The maximum Gasteiger partial charge on any atom is 1.00 e. The molecule has 0 saturated carbocycles. The van der Waals surface area contributed by atoms with Crippen molar-refractivity contribution < 1.29 is 20.3 Å². The third-order valence-electron chi connectivity index (χ3n) is 2.43. The van der Waals surface area contributed by atoms with Gasteiger partial charge in [-0.05, 0) is 22.3 Å². The number of rotatable bonds is 0. The Balaban J connectivity index is 0.000000490. The van der Waals surface area contributed by atoms with E-state index in [-0.39, 0.29) is 20.3 Å². The summed E-state index contributed by atoms with van der Waals surface area (Å²) >= 11 is 0. The van der Waals surface area contributed by atoms with Crippen molar-refractivity contribution in [3.8, 4) is 22.3 Å². The molecule has 0 amide bonds. The molecule has 1 aliphatic rings. The second-order valence-corrected chi connectivity index (χ2v) is 3.09. The molecular weight excluding hydrogens is 151 g/mol. The van der Waals surface area contributed by atoms with Crippen LogP contribution in [0.3, 0.4) is 0 Å². The first-order valence-corrected chi connectivity index (χ1v) is 4.15. The summed E-state index contributed by atoms with van der Waals surface area (Å²) in [5.74, 6) is 0. The van der Waals surface area contributed by atoms with Gasteiger partial charge in [0, 0.05) is 0 Å². The number of fused-ring (bicyclic) bond motifs is 4. The van der Waals surface area contributed by atoms with Gasteiger partial charge in [0.25, 0.3) is 0 Å². The Labute approximate surface area is 91.3 Å². The van der Waals surface area contributed by atoms with Crippen LogP contribution in [0.15, 0.2) is 48.5 Å². The molecule has 0 bridgehead atoms. The molecule has 2 aromatic carbocycles. The SMILES string of the molecule is [H-].[Li+].c1ccc2c(c1)-c1ccccc1-2. The van der Waals surface area contributed by atoms with Gasteiger partial charge in [-0.3, -0.25) is 0 Å². The zero-order valence-corrected chi connectivity index (χ0v) is 7.62. The Morgan fingerprint density at radius 3 is 1.00 bits per heavy atom. The molecule has 0 unspecified atom stereocenters. The van der Waals surface area contributed by atoms with Gasteiger partial charge in [0.05, 0.1) is 0 Å². The number of hydrogen-bond acceptors (Lipinski definition) is 0. The fourth-order valence-electron chi connectivity index (χ4n) is 1.84. The molecule has 0 fully saturated rings. The zero-order chi connectivity index (χ0) is 7.97. The fraction of sp³-hybridized carbons (Fsp3) is 0. The average molecular weight is 160 g/mol. The van der Waals surface area contributed by atoms with E-state index in [9.17, 15) is 0 Å². The Morgan fingerprint density at radius 2 is 0.769 bits per heavy atom. The van der Waals surface area contributed by atoms with E-state index in [1.165, 1.54) is 22.3 Å². The monoisotopic (exact) mass is 160 g/mol. The molecule has 1 aliphatic carbocycles. The third kappa shape index (κ3) is 1.07. The van der Waals surface area contributed by atoms with Crippen LogP contribution in [0.2, 0.25) is 0 Å². The van der Waals surface area contributed by atoms with Gasteiger partial charge in [0.2, 0.25) is 0 Å². The fourth-order valence-corrected chi connectivity index (χ4v) is 1.84. The summed E-state index contributed by atoms with van der Waals surface area (Å²) in [6.07, 6.45) is 0. The van der Waals surface area contributed by atoms with E-state index < -0.39 is 0 Å². The summed E-state index contributed by atoms with van der Waals surface area (Å²) in [4.78, 5) is 0. The van der Waals surface area contributed by atoms with Gasteiger partial charge in [0.1, 0.15) is 0 Å². The van der Waals surface area contributed by atoms with Crippen LogP contribution in [-0.4, -0.2) is 0 Å². The quantitative estimate of drug-likeness (QED) is 0.419. The third-order valence-corrected chi connectivity index (χ3v) is 2.43. The molecule has 0 N–H and O–H groups in total. The van der Waals surface area contributed by atoms with Crippen LogP contribution in [0.25, 0.3) is 22.3 Å². The second kappa shape index (κ2) is 3.07. The smallest absolute Gasteiger partial charge is 1.00 e. The first-order valence-electron chi connectivity index (χ1n) is 4.15. The molecule has 0 atom stereocenters. The van der Waals surface area contributed by atoms with Gasteiger partial charge >= 0.3 is 18.9 Å². The first-order chi connectivity index (χ1) is 5.97. The first kappa shape index (κ1) is 8.63. The second-order valence-electron chi connectivity index (χ2n) is 3.09. The van der Waals surface area contributed by atoms with Crippen LogP contribution in [0.5, 0.6) is 0 Å². The normalized spacial score (nSPS) is 10.5. The molecule has 0 aromatic heterocycles. The zero-order valence-electron chi connectivity index (χ0n) is 8.62. The van der Waals surface area contributed by atoms with Crippen molar-refractivity contribution in [1.82, 2.24) is 0 Å². The molecule has 0 aliphatic heterocycles. The molecule has 2 aromatic rings. The average Bonchev–Trinajstić information content (AvgIpc) is 2.14. The molecule has 1 heteroatoms. The Bertz CT molecular complexity index is 352. The summed E-state index contributed by atoms with van der Waals surface area (Å²) in [5.41, 5.74) is 5.59. The predicted octanol–water partition coefficient (Wildman–Crippen LogP) is 0.451. The van der Waals surface area contributed by atoms with Gasteiger partial charge in [-0.2, -0.15) is 0 Å². The van der Waals surface area contributed by atoms with Crippen molar-refractivity contribution in [3.05, 3.63) is 48.5 Å². The minimum absolute atomic E-state index is 0. The van der Waals surface area contributed by atoms with Crippen LogP contribution in [0.1, 0.15) is 1.43 Å². The maximum atomic E-state index is 2.18. The van der Waals surface area contributed by atoms with Crippen LogP contribution in [0, 0.1) is 0 Å². The minimum atomic E-state index is 0. The molecule has 13 heavy (non-hydrogen) atoms. The number of hydrogen-bond donors (Lipinski definition) is 0. The Kier molecular flexibility index (Phi) is 2.04. The van der Waals surface area contributed by atoms with Crippen LogP contribution in [0.4, 0.5) is 0 Å². The topological polar surface area (TPSA) is 0 Å². The van der Waals surface area contributed by atoms with E-state index in [1.807, 2.05) is 0 Å². The van der Waals surface area contributed by atoms with E-state index in [1.54, 1.807) is 0 Å². The van der Waals surface area contributed by atoms with Crippen LogP contribution in [-0.2, 0) is 0 Å². The van der Waals surface area contributed by atoms with E-state index in [4.69, 9.17) is 0 Å². The summed E-state index contributed by atoms with van der Waals surface area (Å²) in [6.45, 7) is 0. The molecule has 3 rings (SSSR count). The van der Waals surface area contributed by atoms with Crippen molar-refractivity contribution in [1.29, 1.82) is 0 Å². The molecular formula is C12H9Li. The minimum Gasteiger partial charge on any atom is -1.00 e. The Morgan fingerprint density at radius 1 is 0.538 bits per heavy atom. The molecule has 58 valence electrons. The summed E-state index contributed by atoms with van der Waals surface area (Å²) < 4.78 is 0. The standard InChI is InChI=1S/C12H8.Li.H/c1-2-6-10-9(5-1)11-7-3-4-8-12(10)11;;/h1-8H;;/q;+1;-1. The van der Waals surface area contributed by atoms with Crippen LogP contribution < -0.4 is 18.9 Å². The van der Waals surface area contributed by atoms with Crippen LogP contribution >= 0.6 is 0 Å². The van der Waals surface area contributed by atoms with Crippen molar-refractivity contribution in [2.24, 2.45) is 0 Å². The van der Waals surface area contributed by atoms with E-state index in [0.717, 1.165) is 0 Å². The van der Waals surface area contributed by atoms with E-state index in [0.29, 0.717) is 0 Å². The van der Waals surface area contributed by atoms with Gasteiger partial charge in [-0.25, -0.2) is 0 Å². The number of benzene rings is 2. The predicted molar refractivity (Wildman–Crippen MR) is 52.0 cm³/mol.